The molecule has 8 heteroatoms. The van der Waals surface area contributed by atoms with Crippen molar-refractivity contribution < 1.29 is 9.90 Å². The summed E-state index contributed by atoms with van der Waals surface area (Å²) in [5, 5.41) is 19.0. The van der Waals surface area contributed by atoms with Crippen LogP contribution in [0.1, 0.15) is 5.69 Å². The van der Waals surface area contributed by atoms with Crippen LogP contribution in [0, 0.1) is 0 Å². The second-order valence-corrected chi connectivity index (χ2v) is 5.93. The Balaban J connectivity index is 1.81. The summed E-state index contributed by atoms with van der Waals surface area (Å²) in [6.07, 6.45) is -0.0755. The average molecular weight is 304 g/mol. The lowest BCUT2D eigenvalue weighted by Crippen LogP contribution is -1.99. The van der Waals surface area contributed by atoms with Crippen LogP contribution >= 0.6 is 23.1 Å². The summed E-state index contributed by atoms with van der Waals surface area (Å²) in [6, 6.07) is 7.48. The lowest BCUT2D eigenvalue weighted by atomic mass is 10.3. The molecule has 100 valence electrons. The molecule has 0 unspecified atom stereocenters. The lowest BCUT2D eigenvalue weighted by Gasteiger charge is -1.97. The number of carbonyl (C=O) groups is 1. The molecule has 0 atom stereocenters. The zero-order chi connectivity index (χ0) is 13.9. The number of benzene rings is 1. The van der Waals surface area contributed by atoms with E-state index in [1.54, 1.807) is 5.38 Å². The van der Waals surface area contributed by atoms with Crippen molar-refractivity contribution >= 4 is 40.1 Å². The highest BCUT2D eigenvalue weighted by Crippen LogP contribution is 2.28. The Labute approximate surface area is 121 Å². The van der Waals surface area contributed by atoms with Gasteiger partial charge in [0.05, 0.1) is 17.6 Å². The standard InChI is InChI=1S/C12H8N4O2S2/c17-10(18)5-7-6-19-12(13-7)20-11-14-8-3-1-2-4-9(8)15-16-11/h1-4,6H,5H2,(H,17,18). The van der Waals surface area contributed by atoms with Gasteiger partial charge in [-0.2, -0.15) is 0 Å². The van der Waals surface area contributed by atoms with Gasteiger partial charge in [-0.3, -0.25) is 4.79 Å². The van der Waals surface area contributed by atoms with Crippen molar-refractivity contribution in [3.8, 4) is 0 Å². The second kappa shape index (κ2) is 5.51. The molecule has 0 aliphatic heterocycles. The van der Waals surface area contributed by atoms with Crippen molar-refractivity contribution in [1.29, 1.82) is 0 Å². The van der Waals surface area contributed by atoms with Crippen molar-refractivity contribution in [3.63, 3.8) is 0 Å². The van der Waals surface area contributed by atoms with Gasteiger partial charge < -0.3 is 5.11 Å². The topological polar surface area (TPSA) is 88.9 Å². The van der Waals surface area contributed by atoms with Gasteiger partial charge in [0.25, 0.3) is 0 Å². The molecule has 3 rings (SSSR count). The van der Waals surface area contributed by atoms with Crippen LogP contribution in [0.3, 0.4) is 0 Å². The Kier molecular flexibility index (Phi) is 3.57. The molecule has 0 aliphatic rings. The summed E-state index contributed by atoms with van der Waals surface area (Å²) < 4.78 is 0.707. The van der Waals surface area contributed by atoms with Crippen LogP contribution in [-0.4, -0.2) is 31.2 Å². The first-order valence-corrected chi connectivity index (χ1v) is 7.34. The summed E-state index contributed by atoms with van der Waals surface area (Å²) in [7, 11) is 0. The van der Waals surface area contributed by atoms with Crippen LogP contribution in [0.4, 0.5) is 0 Å². The SMILES string of the molecule is O=C(O)Cc1csc(Sc2nnc3ccccc3n2)n1. The summed E-state index contributed by atoms with van der Waals surface area (Å²) in [4.78, 5) is 19.2. The maximum Gasteiger partial charge on any atom is 0.309 e. The number of carboxylic acid groups (broad SMARTS) is 1. The van der Waals surface area contributed by atoms with Crippen molar-refractivity contribution in [1.82, 2.24) is 20.2 Å². The van der Waals surface area contributed by atoms with Crippen LogP contribution in [-0.2, 0) is 11.2 Å². The highest BCUT2D eigenvalue weighted by Gasteiger charge is 2.09. The Morgan fingerprint density at radius 2 is 2.00 bits per heavy atom. The number of nitrogens with zero attached hydrogens (tertiary/aromatic N) is 4. The van der Waals surface area contributed by atoms with Crippen molar-refractivity contribution in [2.24, 2.45) is 0 Å². The van der Waals surface area contributed by atoms with E-state index in [1.807, 2.05) is 24.3 Å². The third-order valence-corrected chi connectivity index (χ3v) is 4.23. The summed E-state index contributed by atoms with van der Waals surface area (Å²) in [5.74, 6) is -0.893. The molecule has 3 aromatic rings. The predicted octanol–water partition coefficient (Wildman–Crippen LogP) is 2.26. The van der Waals surface area contributed by atoms with Gasteiger partial charge in [0.2, 0.25) is 5.16 Å². The van der Waals surface area contributed by atoms with Gasteiger partial charge in [0, 0.05) is 5.38 Å². The second-order valence-electron chi connectivity index (χ2n) is 3.86. The normalized spacial score (nSPS) is 10.8. The van der Waals surface area contributed by atoms with Crippen LogP contribution in [0.25, 0.3) is 11.0 Å². The van der Waals surface area contributed by atoms with E-state index in [9.17, 15) is 4.79 Å². The van der Waals surface area contributed by atoms with E-state index in [1.165, 1.54) is 23.1 Å². The number of fused-ring (bicyclic) bond motifs is 1. The highest BCUT2D eigenvalue weighted by atomic mass is 32.2. The van der Waals surface area contributed by atoms with Crippen LogP contribution in [0.15, 0.2) is 39.1 Å². The fourth-order valence-electron chi connectivity index (χ4n) is 1.56. The molecular formula is C12H8N4O2S2. The number of hydrogen-bond acceptors (Lipinski definition) is 7. The van der Waals surface area contributed by atoms with Crippen molar-refractivity contribution in [3.05, 3.63) is 35.3 Å². The molecule has 0 fully saturated rings. The van der Waals surface area contributed by atoms with E-state index in [4.69, 9.17) is 5.11 Å². The van der Waals surface area contributed by atoms with Gasteiger partial charge in [0.15, 0.2) is 4.34 Å². The van der Waals surface area contributed by atoms with Crippen molar-refractivity contribution in [2.75, 3.05) is 0 Å². The maximum absolute atomic E-state index is 10.6. The summed E-state index contributed by atoms with van der Waals surface area (Å²) in [5.41, 5.74) is 2.05. The van der Waals surface area contributed by atoms with E-state index in [-0.39, 0.29) is 6.42 Å². The molecule has 1 aromatic carbocycles. The molecule has 0 spiro atoms. The molecular weight excluding hydrogens is 296 g/mol. The zero-order valence-corrected chi connectivity index (χ0v) is 11.7. The minimum absolute atomic E-state index is 0.0755. The largest absolute Gasteiger partial charge is 0.481 e. The third kappa shape index (κ3) is 2.91. The highest BCUT2D eigenvalue weighted by molar-refractivity contribution is 8.00. The Bertz CT molecular complexity index is 775. The molecule has 0 bridgehead atoms. The van der Waals surface area contributed by atoms with Crippen LogP contribution < -0.4 is 0 Å². The first kappa shape index (κ1) is 12.9. The minimum atomic E-state index is -0.893. The Morgan fingerprint density at radius 1 is 1.20 bits per heavy atom. The number of carboxylic acids is 1. The van der Waals surface area contributed by atoms with Gasteiger partial charge >= 0.3 is 5.97 Å². The van der Waals surface area contributed by atoms with E-state index in [0.717, 1.165) is 11.0 Å². The maximum atomic E-state index is 10.6. The Hall–Kier alpha value is -2.06. The van der Waals surface area contributed by atoms with Gasteiger partial charge in [-0.05, 0) is 23.9 Å². The van der Waals surface area contributed by atoms with Gasteiger partial charge in [-0.15, -0.1) is 21.5 Å². The summed E-state index contributed by atoms with van der Waals surface area (Å²) in [6.45, 7) is 0. The van der Waals surface area contributed by atoms with E-state index in [2.05, 4.69) is 20.2 Å². The first-order valence-electron chi connectivity index (χ1n) is 5.64. The van der Waals surface area contributed by atoms with E-state index < -0.39 is 5.97 Å². The quantitative estimate of drug-likeness (QED) is 0.790. The molecule has 0 saturated carbocycles. The molecule has 2 heterocycles. The van der Waals surface area contributed by atoms with Crippen LogP contribution in [0.2, 0.25) is 0 Å². The van der Waals surface area contributed by atoms with E-state index in [0.29, 0.717) is 15.2 Å². The molecule has 6 nitrogen and oxygen atoms in total. The number of para-hydroxylation sites is 1. The smallest absolute Gasteiger partial charge is 0.309 e. The third-order valence-electron chi connectivity index (χ3n) is 2.38. The van der Waals surface area contributed by atoms with Crippen molar-refractivity contribution in [2.45, 2.75) is 15.9 Å². The number of hydrogen-bond donors (Lipinski definition) is 1. The fourth-order valence-corrected chi connectivity index (χ4v) is 3.21. The molecule has 2 aromatic heterocycles. The monoisotopic (exact) mass is 304 g/mol. The summed E-state index contributed by atoms with van der Waals surface area (Å²) >= 11 is 2.65. The molecule has 0 amide bonds. The van der Waals surface area contributed by atoms with Gasteiger partial charge in [-0.1, -0.05) is 12.1 Å². The number of aromatic nitrogens is 4. The fraction of sp³-hybridized carbons (Fsp3) is 0.0833. The van der Waals surface area contributed by atoms with Gasteiger partial charge in [-0.25, -0.2) is 9.97 Å². The lowest BCUT2D eigenvalue weighted by molar-refractivity contribution is -0.136. The average Bonchev–Trinajstić information content (AvgIpc) is 2.85. The van der Waals surface area contributed by atoms with E-state index >= 15 is 0 Å². The first-order chi connectivity index (χ1) is 9.70. The molecule has 0 saturated heterocycles. The van der Waals surface area contributed by atoms with Gasteiger partial charge in [0.1, 0.15) is 5.52 Å². The molecule has 0 aliphatic carbocycles. The number of thiazole rings is 1. The predicted molar refractivity (Wildman–Crippen MR) is 74.9 cm³/mol. The minimum Gasteiger partial charge on any atom is -0.481 e. The number of rotatable bonds is 4. The molecule has 20 heavy (non-hydrogen) atoms. The molecule has 0 radical (unpaired) electrons. The van der Waals surface area contributed by atoms with Crippen LogP contribution in [0.5, 0.6) is 0 Å². The molecule has 1 N–H and O–H groups in total. The number of aliphatic carboxylic acids is 1. The Morgan fingerprint density at radius 3 is 2.80 bits per heavy atom. The zero-order valence-electron chi connectivity index (χ0n) is 10.1.